The van der Waals surface area contributed by atoms with Gasteiger partial charge in [-0.25, -0.2) is 0 Å². The van der Waals surface area contributed by atoms with Crippen molar-refractivity contribution in [3.8, 4) is 0 Å². The Labute approximate surface area is 84.5 Å². The second-order valence-electron chi connectivity index (χ2n) is 2.90. The maximum atomic E-state index is 11.4. The van der Waals surface area contributed by atoms with E-state index in [1.165, 1.54) is 11.4 Å². The van der Waals surface area contributed by atoms with Crippen LogP contribution in [0.5, 0.6) is 0 Å². The van der Waals surface area contributed by atoms with E-state index in [2.05, 4.69) is 16.9 Å². The first-order valence-electron chi connectivity index (χ1n) is 3.78. The van der Waals surface area contributed by atoms with Gasteiger partial charge in [0.1, 0.15) is 0 Å². The Kier molecular flexibility index (Phi) is 4.76. The zero-order chi connectivity index (χ0) is 10.6. The number of hydrogen-bond acceptors (Lipinski definition) is 3. The third kappa shape index (κ3) is 4.51. The van der Waals surface area contributed by atoms with Gasteiger partial charge in [-0.2, -0.15) is 17.4 Å². The third-order valence-corrected chi connectivity index (χ3v) is 3.37. The summed E-state index contributed by atoms with van der Waals surface area (Å²) < 4.78 is 26.2. The average Bonchev–Trinajstić information content (AvgIpc) is 1.99. The highest BCUT2D eigenvalue weighted by atomic mass is 32.2. The summed E-state index contributed by atoms with van der Waals surface area (Å²) in [7, 11) is -1.95. The first kappa shape index (κ1) is 12.8. The molecule has 0 saturated heterocycles. The van der Waals surface area contributed by atoms with Gasteiger partial charge in [-0.1, -0.05) is 12.2 Å². The highest BCUT2D eigenvalue weighted by Gasteiger charge is 2.19. The first-order chi connectivity index (χ1) is 5.77. The van der Waals surface area contributed by atoms with Crippen LogP contribution in [0.15, 0.2) is 0 Å². The van der Waals surface area contributed by atoms with Gasteiger partial charge in [0, 0.05) is 13.1 Å². The topological polar surface area (TPSA) is 75.4 Å². The minimum Gasteiger partial charge on any atom is -0.392 e. The molecule has 7 heteroatoms. The minimum atomic E-state index is -3.44. The van der Waals surface area contributed by atoms with Crippen LogP contribution in [0.2, 0.25) is 0 Å². The molecule has 0 heterocycles. The van der Waals surface area contributed by atoms with Gasteiger partial charge >= 0.3 is 0 Å². The van der Waals surface area contributed by atoms with Crippen molar-refractivity contribution in [3.63, 3.8) is 0 Å². The molecule has 0 amide bonds. The predicted molar refractivity (Wildman–Crippen MR) is 56.6 cm³/mol. The van der Waals surface area contributed by atoms with Gasteiger partial charge in [0.2, 0.25) is 0 Å². The van der Waals surface area contributed by atoms with Crippen LogP contribution in [0.1, 0.15) is 13.8 Å². The molecule has 0 bridgehead atoms. The minimum absolute atomic E-state index is 0.00523. The van der Waals surface area contributed by atoms with Crippen molar-refractivity contribution < 1.29 is 8.42 Å². The van der Waals surface area contributed by atoms with Crippen molar-refractivity contribution in [3.05, 3.63) is 0 Å². The van der Waals surface area contributed by atoms with Crippen molar-refractivity contribution >= 4 is 27.4 Å². The number of nitrogens with two attached hydrogens (primary N) is 1. The Morgan fingerprint density at radius 2 is 2.08 bits per heavy atom. The number of nitrogens with one attached hydrogen (secondary N) is 1. The van der Waals surface area contributed by atoms with Gasteiger partial charge in [0.25, 0.3) is 10.2 Å². The summed E-state index contributed by atoms with van der Waals surface area (Å²) in [4.78, 5) is 0.126. The van der Waals surface area contributed by atoms with E-state index in [9.17, 15) is 8.42 Å². The molecule has 0 spiro atoms. The number of rotatable bonds is 5. The Bertz CT molecular complexity index is 274. The zero-order valence-electron chi connectivity index (χ0n) is 7.94. The molecule has 0 aromatic rings. The van der Waals surface area contributed by atoms with E-state index >= 15 is 0 Å². The maximum Gasteiger partial charge on any atom is 0.279 e. The van der Waals surface area contributed by atoms with E-state index in [4.69, 9.17) is 5.73 Å². The Hall–Kier alpha value is -0.240. The average molecular weight is 225 g/mol. The zero-order valence-corrected chi connectivity index (χ0v) is 9.58. The van der Waals surface area contributed by atoms with E-state index in [0.717, 1.165) is 0 Å². The molecule has 0 fully saturated rings. The molecule has 0 aliphatic carbocycles. The largest absolute Gasteiger partial charge is 0.392 e. The standard InChI is InChI=1S/C6H15N3O2S2/c1-5(2)9(3)13(10,11)8-4-6(7)12/h5,8H,4H2,1-3H3,(H2,7,12). The van der Waals surface area contributed by atoms with E-state index in [-0.39, 0.29) is 17.6 Å². The molecule has 5 nitrogen and oxygen atoms in total. The quantitative estimate of drug-likeness (QED) is 0.615. The van der Waals surface area contributed by atoms with Crippen molar-refractivity contribution in [2.24, 2.45) is 5.73 Å². The van der Waals surface area contributed by atoms with Crippen molar-refractivity contribution in [2.75, 3.05) is 13.6 Å². The molecule has 0 saturated carbocycles. The van der Waals surface area contributed by atoms with Gasteiger partial charge in [-0.15, -0.1) is 0 Å². The molecule has 0 aliphatic rings. The lowest BCUT2D eigenvalue weighted by Gasteiger charge is -2.20. The highest BCUT2D eigenvalue weighted by molar-refractivity contribution is 7.87. The van der Waals surface area contributed by atoms with E-state index in [1.54, 1.807) is 13.8 Å². The van der Waals surface area contributed by atoms with Crippen LogP contribution in [0.4, 0.5) is 0 Å². The number of thiocarbonyl (C=S) groups is 1. The molecular weight excluding hydrogens is 210 g/mol. The van der Waals surface area contributed by atoms with Gasteiger partial charge in [-0.05, 0) is 13.8 Å². The SMILES string of the molecule is CC(C)N(C)S(=O)(=O)NCC(N)=S. The highest BCUT2D eigenvalue weighted by Crippen LogP contribution is 1.99. The molecule has 0 aliphatic heterocycles. The van der Waals surface area contributed by atoms with E-state index in [0.29, 0.717) is 0 Å². The molecule has 3 N–H and O–H groups in total. The monoisotopic (exact) mass is 225 g/mol. The van der Waals surface area contributed by atoms with Crippen LogP contribution in [0, 0.1) is 0 Å². The van der Waals surface area contributed by atoms with Crippen LogP contribution in [0.3, 0.4) is 0 Å². The fraction of sp³-hybridized carbons (Fsp3) is 0.833. The lowest BCUT2D eigenvalue weighted by atomic mass is 10.4. The summed E-state index contributed by atoms with van der Waals surface area (Å²) >= 11 is 4.55. The summed E-state index contributed by atoms with van der Waals surface area (Å²) in [6.07, 6.45) is 0. The molecule has 0 aromatic heterocycles. The summed E-state index contributed by atoms with van der Waals surface area (Å²) in [6.45, 7) is 3.55. The van der Waals surface area contributed by atoms with Gasteiger partial charge in [0.05, 0.1) is 11.5 Å². The van der Waals surface area contributed by atoms with E-state index in [1.807, 2.05) is 0 Å². The molecule has 0 unspecified atom stereocenters. The number of nitrogens with zero attached hydrogens (tertiary/aromatic N) is 1. The molecule has 78 valence electrons. The third-order valence-electron chi connectivity index (χ3n) is 1.54. The van der Waals surface area contributed by atoms with Gasteiger partial charge in [0.15, 0.2) is 0 Å². The smallest absolute Gasteiger partial charge is 0.279 e. The second kappa shape index (κ2) is 4.85. The van der Waals surface area contributed by atoms with Crippen LogP contribution in [0.25, 0.3) is 0 Å². The van der Waals surface area contributed by atoms with Crippen LogP contribution < -0.4 is 10.5 Å². The first-order valence-corrected chi connectivity index (χ1v) is 5.63. The maximum absolute atomic E-state index is 11.4. The molecular formula is C6H15N3O2S2. The Morgan fingerprint density at radius 3 is 2.38 bits per heavy atom. The predicted octanol–water partition coefficient (Wildman–Crippen LogP) is -0.553. The van der Waals surface area contributed by atoms with Crippen LogP contribution in [-0.4, -0.2) is 37.3 Å². The fourth-order valence-electron chi connectivity index (χ4n) is 0.542. The van der Waals surface area contributed by atoms with Crippen molar-refractivity contribution in [1.82, 2.24) is 9.03 Å². The fourth-order valence-corrected chi connectivity index (χ4v) is 1.80. The van der Waals surface area contributed by atoms with Crippen molar-refractivity contribution in [1.29, 1.82) is 0 Å². The van der Waals surface area contributed by atoms with Gasteiger partial charge < -0.3 is 5.73 Å². The second-order valence-corrected chi connectivity index (χ2v) is 5.24. The Morgan fingerprint density at radius 1 is 1.62 bits per heavy atom. The summed E-state index contributed by atoms with van der Waals surface area (Å²) in [5.74, 6) is 0. The molecule has 0 atom stereocenters. The summed E-state index contributed by atoms with van der Waals surface area (Å²) in [5, 5.41) is 0. The lowest BCUT2D eigenvalue weighted by molar-refractivity contribution is 0.404. The molecule has 0 rings (SSSR count). The number of hydrogen-bond donors (Lipinski definition) is 2. The van der Waals surface area contributed by atoms with E-state index < -0.39 is 10.2 Å². The lowest BCUT2D eigenvalue weighted by Crippen LogP contribution is -2.44. The molecule has 0 aromatic carbocycles. The summed E-state index contributed by atoms with van der Waals surface area (Å²) in [6, 6.07) is -0.0937. The normalized spacial score (nSPS) is 12.4. The Balaban J connectivity index is 4.32. The van der Waals surface area contributed by atoms with Gasteiger partial charge in [-0.3, -0.25) is 0 Å². The van der Waals surface area contributed by atoms with Crippen LogP contribution >= 0.6 is 12.2 Å². The van der Waals surface area contributed by atoms with Crippen molar-refractivity contribution in [2.45, 2.75) is 19.9 Å². The molecule has 13 heavy (non-hydrogen) atoms. The van der Waals surface area contributed by atoms with Crippen LogP contribution in [-0.2, 0) is 10.2 Å². The summed E-state index contributed by atoms with van der Waals surface area (Å²) in [5.41, 5.74) is 5.16. The molecule has 0 radical (unpaired) electrons.